The van der Waals surface area contributed by atoms with Gasteiger partial charge in [0.15, 0.2) is 5.05 Å². The predicted octanol–water partition coefficient (Wildman–Crippen LogP) is 1.37. The van der Waals surface area contributed by atoms with Crippen molar-refractivity contribution < 1.29 is 6.11 Å². The molecule has 0 fully saturated rings. The van der Waals surface area contributed by atoms with E-state index in [0.717, 1.165) is 0 Å². The molecule has 0 heterocycles. The second-order valence-corrected chi connectivity index (χ2v) is 1.42. The van der Waals surface area contributed by atoms with Gasteiger partial charge in [0.1, 0.15) is 0 Å². The molecule has 0 aromatic carbocycles. The Labute approximate surface area is 44.7 Å². The molecule has 1 nitrogen and oxygen atoms in total. The van der Waals surface area contributed by atoms with Crippen LogP contribution >= 0.6 is 12.2 Å². The van der Waals surface area contributed by atoms with Crippen LogP contribution in [0.3, 0.4) is 0 Å². The first kappa shape index (κ1) is 4.06. The van der Waals surface area contributed by atoms with E-state index in [1.165, 1.54) is 0 Å². The quantitative estimate of drug-likeness (QED) is 0.467. The van der Waals surface area contributed by atoms with Gasteiger partial charge in [-0.25, -0.2) is 0 Å². The molecule has 6 heavy (non-hydrogen) atoms. The Hall–Kier alpha value is -0.110. The van der Waals surface area contributed by atoms with E-state index < -0.39 is 6.58 Å². The van der Waals surface area contributed by atoms with Gasteiger partial charge in [0.2, 0.25) is 0 Å². The number of ether oxygens (including phenoxy) is 1. The molecule has 0 amide bonds. The molecular weight excluding hydrogens is 96.1 g/mol. The van der Waals surface area contributed by atoms with Gasteiger partial charge in [-0.15, -0.1) is 0 Å². The lowest BCUT2D eigenvalue weighted by Crippen LogP contribution is -1.92. The van der Waals surface area contributed by atoms with Crippen LogP contribution in [0.4, 0.5) is 0 Å². The van der Waals surface area contributed by atoms with Gasteiger partial charge in [-0.05, 0) is 19.1 Å². The third-order valence-electron chi connectivity index (χ3n) is 0.284. The Balaban J connectivity index is 3.13. The maximum absolute atomic E-state index is 6.80. The lowest BCUT2D eigenvalue weighted by molar-refractivity contribution is 0.334. The van der Waals surface area contributed by atoms with Crippen LogP contribution in [0.2, 0.25) is 0 Å². The molecule has 0 radical (unpaired) electrons. The smallest absolute Gasteiger partial charge is 0.156 e. The third-order valence-corrected chi connectivity index (χ3v) is 0.380. The first-order valence-corrected chi connectivity index (χ1v) is 2.13. The lowest BCUT2D eigenvalue weighted by Gasteiger charge is -1.93. The third kappa shape index (κ3) is 3.89. The molecule has 1 atom stereocenters. The summed E-state index contributed by atoms with van der Waals surface area (Å²) in [5, 5.41) is 0.433. The first-order chi connectivity index (χ1) is 3.13. The zero-order valence-electron chi connectivity index (χ0n) is 4.89. The average Bonchev–Trinajstić information content (AvgIpc) is 1.27. The minimum Gasteiger partial charge on any atom is -0.488 e. The fraction of sp³-hybridized carbons (Fsp3) is 0.750. The number of hydrogen-bond donors (Lipinski definition) is 0. The summed E-state index contributed by atoms with van der Waals surface area (Å²) in [6.07, 6.45) is 0. The summed E-state index contributed by atoms with van der Waals surface area (Å²) in [5.74, 6) is 0. The van der Waals surface area contributed by atoms with Crippen molar-refractivity contribution >= 4 is 17.3 Å². The molecule has 0 bridgehead atoms. The van der Waals surface area contributed by atoms with Crippen LogP contribution < -0.4 is 0 Å². The van der Waals surface area contributed by atoms with Crippen molar-refractivity contribution in [2.75, 3.05) is 6.58 Å². The van der Waals surface area contributed by atoms with Gasteiger partial charge in [-0.3, -0.25) is 0 Å². The maximum atomic E-state index is 6.80. The van der Waals surface area contributed by atoms with Crippen LogP contribution in [0.15, 0.2) is 0 Å². The van der Waals surface area contributed by atoms with Gasteiger partial charge >= 0.3 is 0 Å². The standard InChI is InChI=1S/C4H8OS/c1-3-5-4(2)6/h3H2,1-2H3/i3T. The van der Waals surface area contributed by atoms with Crippen LogP contribution in [0, 0.1) is 0 Å². The molecular formula is C4H8OS. The topological polar surface area (TPSA) is 9.23 Å². The highest BCUT2D eigenvalue weighted by atomic mass is 32.1. The van der Waals surface area contributed by atoms with Crippen LogP contribution in [-0.4, -0.2) is 11.6 Å². The molecule has 2 heteroatoms. The molecule has 36 valence electrons. The Bertz CT molecular complexity index is 72.1. The summed E-state index contributed by atoms with van der Waals surface area (Å²) in [5.41, 5.74) is 0. The maximum Gasteiger partial charge on any atom is 0.156 e. The summed E-state index contributed by atoms with van der Waals surface area (Å²) in [6, 6.07) is 0. The van der Waals surface area contributed by atoms with Gasteiger partial charge < -0.3 is 4.74 Å². The Kier molecular flexibility index (Phi) is 2.09. The van der Waals surface area contributed by atoms with E-state index in [-0.39, 0.29) is 0 Å². The highest BCUT2D eigenvalue weighted by Gasteiger charge is 1.76. The largest absolute Gasteiger partial charge is 0.488 e. The first-order valence-electron chi connectivity index (χ1n) is 2.30. The monoisotopic (exact) mass is 106 g/mol. The van der Waals surface area contributed by atoms with E-state index in [1.807, 2.05) is 0 Å². The van der Waals surface area contributed by atoms with Crippen LogP contribution in [0.5, 0.6) is 0 Å². The summed E-state index contributed by atoms with van der Waals surface area (Å²) in [7, 11) is 0. The zero-order valence-corrected chi connectivity index (χ0v) is 4.71. The Morgan fingerprint density at radius 2 is 2.67 bits per heavy atom. The molecule has 0 spiro atoms. The molecule has 0 N–H and O–H groups in total. The molecule has 0 aromatic rings. The van der Waals surface area contributed by atoms with Crippen molar-refractivity contribution in [2.24, 2.45) is 0 Å². The summed E-state index contributed by atoms with van der Waals surface area (Å²) in [4.78, 5) is 0. The van der Waals surface area contributed by atoms with E-state index in [0.29, 0.717) is 5.05 Å². The van der Waals surface area contributed by atoms with E-state index in [4.69, 9.17) is 1.37 Å². The number of thiocarbonyl (C=S) groups is 1. The fourth-order valence-electron chi connectivity index (χ4n) is 0.166. The van der Waals surface area contributed by atoms with Crippen molar-refractivity contribution in [1.82, 2.24) is 0 Å². The normalized spacial score (nSPS) is 15.3. The fourth-order valence-corrected chi connectivity index (χ4v) is 0.262. The molecule has 0 saturated carbocycles. The molecule has 1 unspecified atom stereocenters. The van der Waals surface area contributed by atoms with E-state index in [2.05, 4.69) is 17.0 Å². The molecule has 0 aliphatic rings. The Morgan fingerprint density at radius 3 is 2.67 bits per heavy atom. The van der Waals surface area contributed by atoms with Crippen LogP contribution in [0.1, 0.15) is 15.2 Å². The van der Waals surface area contributed by atoms with Gasteiger partial charge in [-0.2, -0.15) is 0 Å². The summed E-state index contributed by atoms with van der Waals surface area (Å²) < 4.78 is 11.4. The van der Waals surface area contributed by atoms with E-state index in [1.54, 1.807) is 13.8 Å². The minimum absolute atomic E-state index is 0.433. The van der Waals surface area contributed by atoms with Crippen molar-refractivity contribution in [1.29, 1.82) is 0 Å². The minimum atomic E-state index is -0.516. The van der Waals surface area contributed by atoms with Crippen molar-refractivity contribution in [3.63, 3.8) is 0 Å². The highest BCUT2D eigenvalue weighted by molar-refractivity contribution is 7.80. The molecule has 0 saturated heterocycles. The van der Waals surface area contributed by atoms with Crippen molar-refractivity contribution in [3.8, 4) is 0 Å². The van der Waals surface area contributed by atoms with Gasteiger partial charge in [0, 0.05) is 6.92 Å². The second-order valence-electron chi connectivity index (χ2n) is 0.845. The molecule has 0 aliphatic carbocycles. The van der Waals surface area contributed by atoms with Crippen LogP contribution in [-0.2, 0) is 4.74 Å². The second kappa shape index (κ2) is 3.09. The summed E-state index contributed by atoms with van der Waals surface area (Å²) >= 11 is 4.53. The van der Waals surface area contributed by atoms with Crippen LogP contribution in [0.25, 0.3) is 0 Å². The van der Waals surface area contributed by atoms with E-state index >= 15 is 0 Å². The molecule has 0 aromatic heterocycles. The van der Waals surface area contributed by atoms with Gasteiger partial charge in [-0.1, -0.05) is 0 Å². The summed E-state index contributed by atoms with van der Waals surface area (Å²) in [6.45, 7) is 2.76. The lowest BCUT2D eigenvalue weighted by atomic mass is 10.8. The van der Waals surface area contributed by atoms with Crippen molar-refractivity contribution in [3.05, 3.63) is 0 Å². The molecule has 0 aliphatic heterocycles. The van der Waals surface area contributed by atoms with E-state index in [9.17, 15) is 0 Å². The molecule has 0 rings (SSSR count). The van der Waals surface area contributed by atoms with Gasteiger partial charge in [0.25, 0.3) is 0 Å². The average molecular weight is 106 g/mol. The van der Waals surface area contributed by atoms with Gasteiger partial charge in [0.05, 0.1) is 7.95 Å². The predicted molar refractivity (Wildman–Crippen MR) is 29.9 cm³/mol. The van der Waals surface area contributed by atoms with Crippen molar-refractivity contribution in [2.45, 2.75) is 13.8 Å². The SMILES string of the molecule is [3H]C(C)OC(C)=S. The Morgan fingerprint density at radius 1 is 2.17 bits per heavy atom. The number of rotatable bonds is 1. The highest BCUT2D eigenvalue weighted by Crippen LogP contribution is 1.75. The zero-order chi connectivity index (χ0) is 5.86. The number of hydrogen-bond acceptors (Lipinski definition) is 2.